The molecule has 0 aliphatic rings. The molecule has 0 unspecified atom stereocenters. The topological polar surface area (TPSA) is 35.5 Å². The maximum absolute atomic E-state index is 11.6. The largest absolute Gasteiger partial charge is 0.330 e. The van der Waals surface area contributed by atoms with E-state index in [-0.39, 0.29) is 0 Å². The number of rotatable bonds is 6. The summed E-state index contributed by atoms with van der Waals surface area (Å²) >= 11 is 0. The lowest BCUT2D eigenvalue weighted by molar-refractivity contribution is 0.221. The molecule has 0 aromatic heterocycles. The van der Waals surface area contributed by atoms with Crippen molar-refractivity contribution in [2.75, 3.05) is 19.4 Å². The zero-order valence-electron chi connectivity index (χ0n) is 7.50. The summed E-state index contributed by atoms with van der Waals surface area (Å²) in [5.74, 6) is 0. The molecule has 68 valence electrons. The van der Waals surface area contributed by atoms with Crippen LogP contribution in [0, 0.1) is 0 Å². The van der Waals surface area contributed by atoms with E-state index < -0.39 is 7.60 Å². The van der Waals surface area contributed by atoms with Crippen LogP contribution in [0.15, 0.2) is 0 Å². The van der Waals surface area contributed by atoms with Crippen molar-refractivity contribution in [3.8, 4) is 0 Å². The van der Waals surface area contributed by atoms with Gasteiger partial charge in [-0.1, -0.05) is 6.04 Å². The van der Waals surface area contributed by atoms with E-state index in [1.807, 2.05) is 13.8 Å². The van der Waals surface area contributed by atoms with Crippen LogP contribution in [0.3, 0.4) is 0 Å². The highest BCUT2D eigenvalue weighted by Crippen LogP contribution is 2.48. The van der Waals surface area contributed by atoms with Crippen molar-refractivity contribution >= 4 is 17.8 Å². The number of hydrogen-bond donors (Lipinski definition) is 0. The van der Waals surface area contributed by atoms with E-state index in [1.54, 1.807) is 0 Å². The summed E-state index contributed by atoms with van der Waals surface area (Å²) in [7, 11) is -1.63. The zero-order valence-corrected chi connectivity index (χ0v) is 10.4. The maximum atomic E-state index is 11.6. The highest BCUT2D eigenvalue weighted by molar-refractivity contribution is 7.53. The Morgan fingerprint density at radius 3 is 2.00 bits per heavy atom. The van der Waals surface area contributed by atoms with Crippen LogP contribution in [0.25, 0.3) is 0 Å². The fourth-order valence-corrected chi connectivity index (χ4v) is 4.14. The summed E-state index contributed by atoms with van der Waals surface area (Å²) in [6, 6.07) is 0.970. The normalized spacial score (nSPS) is 12.2. The Labute approximate surface area is 71.4 Å². The van der Waals surface area contributed by atoms with Crippen molar-refractivity contribution in [3.63, 3.8) is 0 Å². The van der Waals surface area contributed by atoms with Gasteiger partial charge in [-0.25, -0.2) is 0 Å². The van der Waals surface area contributed by atoms with Gasteiger partial charge in [0.15, 0.2) is 0 Å². The summed E-state index contributed by atoms with van der Waals surface area (Å²) in [4.78, 5) is 0. The third-order valence-electron chi connectivity index (χ3n) is 1.15. The minimum atomic E-state index is -2.68. The van der Waals surface area contributed by atoms with Crippen molar-refractivity contribution in [2.24, 2.45) is 0 Å². The minimum Gasteiger partial charge on any atom is -0.309 e. The smallest absolute Gasteiger partial charge is 0.309 e. The predicted octanol–water partition coefficient (Wildman–Crippen LogP) is 1.04. The molecular formula is C6H17O3PSi. The summed E-state index contributed by atoms with van der Waals surface area (Å²) in [6.45, 7) is 4.61. The fraction of sp³-hybridized carbons (Fsp3) is 1.00. The van der Waals surface area contributed by atoms with Crippen LogP contribution < -0.4 is 0 Å². The Kier molecular flexibility index (Phi) is 6.15. The molecular weight excluding hydrogens is 179 g/mol. The van der Waals surface area contributed by atoms with Crippen molar-refractivity contribution in [1.82, 2.24) is 0 Å². The van der Waals surface area contributed by atoms with Crippen LogP contribution >= 0.6 is 7.60 Å². The van der Waals surface area contributed by atoms with Crippen molar-refractivity contribution < 1.29 is 13.6 Å². The van der Waals surface area contributed by atoms with Crippen LogP contribution in [-0.2, 0) is 13.6 Å². The lowest BCUT2D eigenvalue weighted by Crippen LogP contribution is -1.99. The molecule has 0 N–H and O–H groups in total. The maximum Gasteiger partial charge on any atom is 0.330 e. The fourth-order valence-electron chi connectivity index (χ4n) is 0.834. The van der Waals surface area contributed by atoms with Crippen LogP contribution in [-0.4, -0.2) is 29.6 Å². The molecule has 5 heteroatoms. The van der Waals surface area contributed by atoms with Crippen molar-refractivity contribution in [3.05, 3.63) is 0 Å². The molecule has 0 spiro atoms. The van der Waals surface area contributed by atoms with Crippen LogP contribution in [0.4, 0.5) is 0 Å². The second-order valence-corrected chi connectivity index (χ2v) is 5.36. The summed E-state index contributed by atoms with van der Waals surface area (Å²) in [6.07, 6.45) is 0.584. The van der Waals surface area contributed by atoms with E-state index in [1.165, 1.54) is 0 Å². The lowest BCUT2D eigenvalue weighted by atomic mass is 10.9. The molecule has 0 aromatic carbocycles. The Morgan fingerprint density at radius 1 is 1.27 bits per heavy atom. The lowest BCUT2D eigenvalue weighted by Gasteiger charge is -2.15. The monoisotopic (exact) mass is 196 g/mol. The first-order chi connectivity index (χ1) is 5.18. The molecule has 0 atom stereocenters. The molecule has 11 heavy (non-hydrogen) atoms. The number of hydrogen-bond acceptors (Lipinski definition) is 3. The Morgan fingerprint density at radius 2 is 1.73 bits per heavy atom. The second kappa shape index (κ2) is 5.95. The van der Waals surface area contributed by atoms with Gasteiger partial charge in [-0.2, -0.15) is 0 Å². The molecule has 0 aliphatic carbocycles. The van der Waals surface area contributed by atoms with E-state index in [0.29, 0.717) is 19.4 Å². The SMILES string of the molecule is CCOP(=O)(CC[SiH3])OCC. The van der Waals surface area contributed by atoms with Gasteiger partial charge in [-0.15, -0.1) is 0 Å². The Hall–Kier alpha value is 0.367. The van der Waals surface area contributed by atoms with Gasteiger partial charge in [0, 0.05) is 16.4 Å². The van der Waals surface area contributed by atoms with Gasteiger partial charge < -0.3 is 9.05 Å². The Balaban J connectivity index is 3.91. The van der Waals surface area contributed by atoms with Crippen LogP contribution in [0.5, 0.6) is 0 Å². The van der Waals surface area contributed by atoms with Crippen molar-refractivity contribution in [2.45, 2.75) is 19.9 Å². The molecule has 0 aromatic rings. The molecule has 0 aliphatic heterocycles. The van der Waals surface area contributed by atoms with E-state index in [4.69, 9.17) is 9.05 Å². The molecule has 0 radical (unpaired) electrons. The zero-order chi connectivity index (χ0) is 8.74. The first-order valence-corrected chi connectivity index (χ1v) is 7.20. The summed E-state index contributed by atoms with van der Waals surface area (Å²) in [5.41, 5.74) is 0. The molecule has 0 heterocycles. The van der Waals surface area contributed by atoms with Gasteiger partial charge in [0.05, 0.1) is 13.2 Å². The first kappa shape index (κ1) is 11.4. The summed E-state index contributed by atoms with van der Waals surface area (Å²) < 4.78 is 21.7. The van der Waals surface area contributed by atoms with E-state index in [0.717, 1.165) is 16.3 Å². The molecule has 3 nitrogen and oxygen atoms in total. The third kappa shape index (κ3) is 4.75. The van der Waals surface area contributed by atoms with E-state index >= 15 is 0 Å². The average molecular weight is 196 g/mol. The molecule has 0 saturated heterocycles. The van der Waals surface area contributed by atoms with E-state index in [9.17, 15) is 4.57 Å². The molecule has 0 amide bonds. The van der Waals surface area contributed by atoms with Gasteiger partial charge in [0.2, 0.25) is 0 Å². The summed E-state index contributed by atoms with van der Waals surface area (Å²) in [5, 5.41) is 0. The Bertz CT molecular complexity index is 116. The van der Waals surface area contributed by atoms with Gasteiger partial charge in [0.25, 0.3) is 0 Å². The average Bonchev–Trinajstić information content (AvgIpc) is 1.88. The molecule has 0 fully saturated rings. The van der Waals surface area contributed by atoms with Gasteiger partial charge >= 0.3 is 7.60 Å². The molecule has 0 rings (SSSR count). The minimum absolute atomic E-state index is 0.471. The van der Waals surface area contributed by atoms with Crippen LogP contribution in [0.1, 0.15) is 13.8 Å². The first-order valence-electron chi connectivity index (χ1n) is 4.06. The second-order valence-electron chi connectivity index (χ2n) is 2.17. The van der Waals surface area contributed by atoms with Gasteiger partial charge in [-0.05, 0) is 13.8 Å². The standard InChI is InChI=1S/C6H17O3PSi/c1-3-8-10(7,5-6-11)9-4-2/h3-6H2,1-2,11H3. The van der Waals surface area contributed by atoms with Gasteiger partial charge in [-0.3, -0.25) is 4.57 Å². The van der Waals surface area contributed by atoms with Crippen LogP contribution in [0.2, 0.25) is 6.04 Å². The van der Waals surface area contributed by atoms with Crippen molar-refractivity contribution in [1.29, 1.82) is 0 Å². The molecule has 0 saturated carbocycles. The molecule has 0 bridgehead atoms. The third-order valence-corrected chi connectivity index (χ3v) is 4.79. The van der Waals surface area contributed by atoms with Gasteiger partial charge in [0.1, 0.15) is 0 Å². The predicted molar refractivity (Wildman–Crippen MR) is 50.5 cm³/mol. The highest BCUT2D eigenvalue weighted by atomic mass is 31.2. The quantitative estimate of drug-likeness (QED) is 0.470. The van der Waals surface area contributed by atoms with E-state index in [2.05, 4.69) is 0 Å². The highest BCUT2D eigenvalue weighted by Gasteiger charge is 2.20.